The zero-order valence-electron chi connectivity index (χ0n) is 14.6. The Morgan fingerprint density at radius 2 is 1.63 bits per heavy atom. The second kappa shape index (κ2) is 8.02. The minimum atomic E-state index is 0.388. The maximum Gasteiger partial charge on any atom is 0.237 e. The van der Waals surface area contributed by atoms with E-state index in [1.807, 2.05) is 13.8 Å². The van der Waals surface area contributed by atoms with E-state index in [9.17, 15) is 0 Å². The van der Waals surface area contributed by atoms with Gasteiger partial charge in [-0.2, -0.15) is 15.5 Å². The molecule has 27 heavy (non-hydrogen) atoms. The number of nitrogens with one attached hydrogen (secondary N) is 1. The Balaban J connectivity index is 1.88. The van der Waals surface area contributed by atoms with Gasteiger partial charge in [0.25, 0.3) is 0 Å². The SMILES string of the molecule is Cc1cc(C#N)cc(C)c1Oc1nc(Nc2ccc(C#N)cc2)ncc1I. The molecule has 0 unspecified atom stereocenters. The molecule has 2 aromatic carbocycles. The van der Waals surface area contributed by atoms with Crippen LogP contribution in [-0.2, 0) is 0 Å². The van der Waals surface area contributed by atoms with Crippen molar-refractivity contribution >= 4 is 34.2 Å². The van der Waals surface area contributed by atoms with E-state index in [4.69, 9.17) is 15.3 Å². The predicted octanol–water partition coefficient (Wildman–Crippen LogP) is 4.98. The van der Waals surface area contributed by atoms with Gasteiger partial charge in [0, 0.05) is 11.9 Å². The maximum absolute atomic E-state index is 9.08. The van der Waals surface area contributed by atoms with E-state index in [1.54, 1.807) is 42.6 Å². The topological polar surface area (TPSA) is 94.6 Å². The minimum absolute atomic E-state index is 0.388. The molecule has 1 N–H and O–H groups in total. The van der Waals surface area contributed by atoms with Gasteiger partial charge in [-0.25, -0.2) is 4.98 Å². The maximum atomic E-state index is 9.08. The molecule has 0 amide bonds. The molecule has 0 radical (unpaired) electrons. The van der Waals surface area contributed by atoms with Crippen LogP contribution in [0.2, 0.25) is 0 Å². The van der Waals surface area contributed by atoms with Crippen LogP contribution >= 0.6 is 22.6 Å². The molecule has 3 aromatic rings. The summed E-state index contributed by atoms with van der Waals surface area (Å²) in [6.45, 7) is 3.79. The van der Waals surface area contributed by atoms with Gasteiger partial charge in [-0.05, 0) is 84.0 Å². The Hall–Kier alpha value is -3.17. The zero-order chi connectivity index (χ0) is 19.4. The summed E-state index contributed by atoms with van der Waals surface area (Å²) in [6.07, 6.45) is 1.67. The van der Waals surface area contributed by atoms with Crippen LogP contribution in [0.25, 0.3) is 0 Å². The molecule has 0 saturated carbocycles. The Kier molecular flexibility index (Phi) is 5.53. The lowest BCUT2D eigenvalue weighted by Gasteiger charge is -2.13. The van der Waals surface area contributed by atoms with Crippen LogP contribution in [0.5, 0.6) is 11.6 Å². The van der Waals surface area contributed by atoms with Crippen molar-refractivity contribution in [1.82, 2.24) is 9.97 Å². The number of hydrogen-bond acceptors (Lipinski definition) is 6. The number of rotatable bonds is 4. The monoisotopic (exact) mass is 467 g/mol. The lowest BCUT2D eigenvalue weighted by Crippen LogP contribution is -2.02. The number of benzene rings is 2. The van der Waals surface area contributed by atoms with Crippen molar-refractivity contribution in [3.63, 3.8) is 0 Å². The van der Waals surface area contributed by atoms with Gasteiger partial charge in [-0.15, -0.1) is 0 Å². The van der Waals surface area contributed by atoms with Crippen molar-refractivity contribution in [2.75, 3.05) is 5.32 Å². The summed E-state index contributed by atoms with van der Waals surface area (Å²) in [5.41, 5.74) is 3.68. The molecule has 0 atom stereocenters. The van der Waals surface area contributed by atoms with Crippen molar-refractivity contribution in [3.05, 3.63) is 68.4 Å². The molecular weight excluding hydrogens is 453 g/mol. The predicted molar refractivity (Wildman–Crippen MR) is 110 cm³/mol. The van der Waals surface area contributed by atoms with Crippen LogP contribution in [0.3, 0.4) is 0 Å². The van der Waals surface area contributed by atoms with Gasteiger partial charge in [0.1, 0.15) is 5.75 Å². The van der Waals surface area contributed by atoms with Gasteiger partial charge in [0.15, 0.2) is 0 Å². The molecule has 0 spiro atoms. The smallest absolute Gasteiger partial charge is 0.237 e. The molecule has 6 nitrogen and oxygen atoms in total. The Labute approximate surface area is 170 Å². The van der Waals surface area contributed by atoms with Crippen molar-refractivity contribution < 1.29 is 4.74 Å². The molecule has 3 rings (SSSR count). The number of halogens is 1. The van der Waals surface area contributed by atoms with Crippen LogP contribution < -0.4 is 10.1 Å². The van der Waals surface area contributed by atoms with E-state index >= 15 is 0 Å². The lowest BCUT2D eigenvalue weighted by molar-refractivity contribution is 0.452. The first kappa shape index (κ1) is 18.6. The number of anilines is 2. The number of ether oxygens (including phenoxy) is 1. The summed E-state index contributed by atoms with van der Waals surface area (Å²) in [6, 6.07) is 14.8. The fourth-order valence-corrected chi connectivity index (χ4v) is 2.88. The highest BCUT2D eigenvalue weighted by Gasteiger charge is 2.13. The third-order valence-electron chi connectivity index (χ3n) is 3.77. The Morgan fingerprint density at radius 1 is 1.00 bits per heavy atom. The number of nitriles is 2. The second-order valence-corrected chi connectivity index (χ2v) is 6.98. The molecule has 1 heterocycles. The zero-order valence-corrected chi connectivity index (χ0v) is 16.8. The van der Waals surface area contributed by atoms with E-state index in [1.165, 1.54) is 0 Å². The molecule has 1 aromatic heterocycles. The normalized spacial score (nSPS) is 9.96. The summed E-state index contributed by atoms with van der Waals surface area (Å²) >= 11 is 2.12. The van der Waals surface area contributed by atoms with Gasteiger partial charge in [-0.3, -0.25) is 0 Å². The highest BCUT2D eigenvalue weighted by molar-refractivity contribution is 14.1. The van der Waals surface area contributed by atoms with Gasteiger partial charge >= 0.3 is 0 Å². The van der Waals surface area contributed by atoms with Crippen LogP contribution in [0.1, 0.15) is 22.3 Å². The first-order valence-corrected chi connectivity index (χ1v) is 9.07. The van der Waals surface area contributed by atoms with Gasteiger partial charge < -0.3 is 10.1 Å². The summed E-state index contributed by atoms with van der Waals surface area (Å²) in [5.74, 6) is 1.49. The van der Waals surface area contributed by atoms with Crippen molar-refractivity contribution in [3.8, 4) is 23.8 Å². The molecule has 0 aliphatic rings. The summed E-state index contributed by atoms with van der Waals surface area (Å²) in [4.78, 5) is 8.72. The standard InChI is InChI=1S/C20H14IN5O/c1-12-7-15(10-23)8-13(2)18(12)27-19-17(21)11-24-20(26-19)25-16-5-3-14(9-22)4-6-16/h3-8,11H,1-2H3,(H,24,25,26). The van der Waals surface area contributed by atoms with E-state index in [-0.39, 0.29) is 0 Å². The van der Waals surface area contributed by atoms with Gasteiger partial charge in [0.2, 0.25) is 11.8 Å². The molecular formula is C20H14IN5O. The Bertz CT molecular complexity index is 1060. The number of hydrogen-bond donors (Lipinski definition) is 1. The first-order chi connectivity index (χ1) is 13.0. The molecule has 0 saturated heterocycles. The molecule has 0 bridgehead atoms. The number of aromatic nitrogens is 2. The summed E-state index contributed by atoms with van der Waals surface area (Å²) in [5, 5.41) is 21.1. The molecule has 7 heteroatoms. The largest absolute Gasteiger partial charge is 0.437 e. The van der Waals surface area contributed by atoms with Crippen LogP contribution in [-0.4, -0.2) is 9.97 Å². The highest BCUT2D eigenvalue weighted by Crippen LogP contribution is 2.31. The average molecular weight is 467 g/mol. The van der Waals surface area contributed by atoms with Gasteiger partial charge in [-0.1, -0.05) is 0 Å². The third kappa shape index (κ3) is 4.33. The van der Waals surface area contributed by atoms with Gasteiger partial charge in [0.05, 0.1) is 26.8 Å². The van der Waals surface area contributed by atoms with E-state index in [0.29, 0.717) is 28.7 Å². The van der Waals surface area contributed by atoms with Crippen molar-refractivity contribution in [2.24, 2.45) is 0 Å². The molecule has 0 aliphatic heterocycles. The highest BCUT2D eigenvalue weighted by atomic mass is 127. The van der Waals surface area contributed by atoms with Crippen LogP contribution in [0.15, 0.2) is 42.6 Å². The quantitative estimate of drug-likeness (QED) is 0.544. The Morgan fingerprint density at radius 3 is 2.22 bits per heavy atom. The fourth-order valence-electron chi connectivity index (χ4n) is 2.51. The van der Waals surface area contributed by atoms with Crippen molar-refractivity contribution in [2.45, 2.75) is 13.8 Å². The number of aryl methyl sites for hydroxylation is 2. The summed E-state index contributed by atoms with van der Waals surface area (Å²) in [7, 11) is 0. The number of nitrogens with zero attached hydrogens (tertiary/aromatic N) is 4. The van der Waals surface area contributed by atoms with E-state index in [2.05, 4.69) is 50.0 Å². The lowest BCUT2D eigenvalue weighted by atomic mass is 10.1. The van der Waals surface area contributed by atoms with E-state index < -0.39 is 0 Å². The first-order valence-electron chi connectivity index (χ1n) is 7.99. The van der Waals surface area contributed by atoms with E-state index in [0.717, 1.165) is 20.4 Å². The molecule has 0 aliphatic carbocycles. The summed E-state index contributed by atoms with van der Waals surface area (Å²) < 4.78 is 6.80. The average Bonchev–Trinajstić information content (AvgIpc) is 2.67. The van der Waals surface area contributed by atoms with Crippen molar-refractivity contribution in [1.29, 1.82) is 10.5 Å². The minimum Gasteiger partial charge on any atom is -0.437 e. The second-order valence-electron chi connectivity index (χ2n) is 5.81. The third-order valence-corrected chi connectivity index (χ3v) is 4.51. The van der Waals surface area contributed by atoms with Crippen LogP contribution in [0.4, 0.5) is 11.6 Å². The van der Waals surface area contributed by atoms with Crippen LogP contribution in [0, 0.1) is 40.1 Å². The fraction of sp³-hybridized carbons (Fsp3) is 0.100. The molecule has 132 valence electrons. The molecule has 0 fully saturated rings.